The molecule has 1 heterocycles. The molecule has 172 valence electrons. The summed E-state index contributed by atoms with van der Waals surface area (Å²) in [5.74, 6) is 0.420. The minimum absolute atomic E-state index is 0.0956. The molecule has 4 rings (SSSR count). The molecule has 1 fully saturated rings. The standard InChI is InChI=1S/C21H22N6O4S2/c1-13-25-26-21(27(13)17-9-10-17)32-12-19(28)23-15-7-5-14(6-8-15)20(29)24-16-3-2-4-18(11-16)33(22,30)31/h2-8,11,17H,9-10,12H2,1H3,(H,23,28)(H,24,29)(H2,22,30,31). The van der Waals surface area contributed by atoms with E-state index in [1.807, 2.05) is 6.92 Å². The second kappa shape index (κ2) is 9.33. The van der Waals surface area contributed by atoms with Crippen molar-refractivity contribution in [2.75, 3.05) is 16.4 Å². The summed E-state index contributed by atoms with van der Waals surface area (Å²) < 4.78 is 25.0. The Morgan fingerprint density at radius 1 is 1.09 bits per heavy atom. The van der Waals surface area contributed by atoms with Crippen LogP contribution in [0.2, 0.25) is 0 Å². The number of aryl methyl sites for hydroxylation is 1. The highest BCUT2D eigenvalue weighted by Gasteiger charge is 2.28. The summed E-state index contributed by atoms with van der Waals surface area (Å²) in [6, 6.07) is 12.5. The normalized spacial score (nSPS) is 13.5. The van der Waals surface area contributed by atoms with Crippen LogP contribution in [0.3, 0.4) is 0 Å². The molecule has 2 amide bonds. The molecule has 0 saturated heterocycles. The molecule has 4 N–H and O–H groups in total. The number of thioether (sulfide) groups is 1. The topological polar surface area (TPSA) is 149 Å². The molecule has 0 atom stereocenters. The van der Waals surface area contributed by atoms with Gasteiger partial charge in [0.2, 0.25) is 15.9 Å². The average molecular weight is 487 g/mol. The quantitative estimate of drug-likeness (QED) is 0.414. The summed E-state index contributed by atoms with van der Waals surface area (Å²) >= 11 is 1.34. The van der Waals surface area contributed by atoms with Gasteiger partial charge in [-0.25, -0.2) is 13.6 Å². The van der Waals surface area contributed by atoms with E-state index in [9.17, 15) is 18.0 Å². The van der Waals surface area contributed by atoms with Crippen LogP contribution in [0, 0.1) is 6.92 Å². The molecule has 0 aliphatic heterocycles. The monoisotopic (exact) mass is 486 g/mol. The predicted octanol–water partition coefficient (Wildman–Crippen LogP) is 2.55. The first-order valence-corrected chi connectivity index (χ1v) is 12.6. The number of nitrogens with two attached hydrogens (primary N) is 1. The van der Waals surface area contributed by atoms with E-state index in [0.29, 0.717) is 23.0 Å². The lowest BCUT2D eigenvalue weighted by molar-refractivity contribution is -0.113. The molecular weight excluding hydrogens is 464 g/mol. The Kier molecular flexibility index (Phi) is 6.49. The molecule has 2 aromatic carbocycles. The van der Waals surface area contributed by atoms with Crippen molar-refractivity contribution in [2.24, 2.45) is 5.14 Å². The third-order valence-corrected chi connectivity index (χ3v) is 6.78. The van der Waals surface area contributed by atoms with Gasteiger partial charge < -0.3 is 15.2 Å². The zero-order chi connectivity index (χ0) is 23.6. The third kappa shape index (κ3) is 5.78. The van der Waals surface area contributed by atoms with E-state index in [1.165, 1.54) is 30.0 Å². The van der Waals surface area contributed by atoms with Crippen LogP contribution in [0.15, 0.2) is 58.6 Å². The number of nitrogens with one attached hydrogen (secondary N) is 2. The summed E-state index contributed by atoms with van der Waals surface area (Å²) in [6.07, 6.45) is 2.21. The van der Waals surface area contributed by atoms with Gasteiger partial charge in [-0.1, -0.05) is 17.8 Å². The van der Waals surface area contributed by atoms with E-state index in [1.54, 1.807) is 30.3 Å². The zero-order valence-corrected chi connectivity index (χ0v) is 19.3. The number of anilines is 2. The summed E-state index contributed by atoms with van der Waals surface area (Å²) in [4.78, 5) is 24.7. The number of sulfonamides is 1. The molecule has 1 saturated carbocycles. The summed E-state index contributed by atoms with van der Waals surface area (Å²) in [5.41, 5.74) is 1.19. The third-order valence-electron chi connectivity index (χ3n) is 4.93. The molecule has 1 aliphatic carbocycles. The number of aromatic nitrogens is 3. The highest BCUT2D eigenvalue weighted by molar-refractivity contribution is 7.99. The van der Waals surface area contributed by atoms with Crippen LogP contribution in [-0.2, 0) is 14.8 Å². The van der Waals surface area contributed by atoms with Crippen molar-refractivity contribution in [1.82, 2.24) is 14.8 Å². The summed E-state index contributed by atoms with van der Waals surface area (Å²) in [6.45, 7) is 1.91. The van der Waals surface area contributed by atoms with E-state index in [0.717, 1.165) is 23.8 Å². The van der Waals surface area contributed by atoms with Crippen molar-refractivity contribution in [1.29, 1.82) is 0 Å². The molecule has 3 aromatic rings. The van der Waals surface area contributed by atoms with Crippen molar-refractivity contribution in [3.05, 3.63) is 59.9 Å². The minimum atomic E-state index is -3.87. The van der Waals surface area contributed by atoms with Gasteiger partial charge >= 0.3 is 0 Å². The average Bonchev–Trinajstić information content (AvgIpc) is 3.54. The second-order valence-electron chi connectivity index (χ2n) is 7.57. The fraction of sp³-hybridized carbons (Fsp3) is 0.238. The fourth-order valence-electron chi connectivity index (χ4n) is 3.19. The number of hydrogen-bond acceptors (Lipinski definition) is 7. The van der Waals surface area contributed by atoms with E-state index in [-0.39, 0.29) is 16.6 Å². The lowest BCUT2D eigenvalue weighted by atomic mass is 10.2. The number of primary sulfonamides is 1. The molecular formula is C21H22N6O4S2. The van der Waals surface area contributed by atoms with Crippen molar-refractivity contribution >= 4 is 45.0 Å². The van der Waals surface area contributed by atoms with Crippen molar-refractivity contribution < 1.29 is 18.0 Å². The number of carbonyl (C=O) groups is 2. The van der Waals surface area contributed by atoms with Gasteiger partial charge in [0.25, 0.3) is 5.91 Å². The Morgan fingerprint density at radius 3 is 2.48 bits per heavy atom. The number of benzene rings is 2. The van der Waals surface area contributed by atoms with Crippen LogP contribution < -0.4 is 15.8 Å². The maximum absolute atomic E-state index is 12.5. The van der Waals surface area contributed by atoms with Gasteiger partial charge in [-0.05, 0) is 62.2 Å². The number of nitrogens with zero attached hydrogens (tertiary/aromatic N) is 3. The number of hydrogen-bond donors (Lipinski definition) is 3. The highest BCUT2D eigenvalue weighted by atomic mass is 32.2. The van der Waals surface area contributed by atoms with E-state index in [4.69, 9.17) is 5.14 Å². The molecule has 0 spiro atoms. The predicted molar refractivity (Wildman–Crippen MR) is 125 cm³/mol. The Bertz CT molecular complexity index is 1300. The van der Waals surface area contributed by atoms with Gasteiger partial charge in [0.05, 0.1) is 10.6 Å². The Balaban J connectivity index is 1.32. The Labute approximate surface area is 195 Å². The largest absolute Gasteiger partial charge is 0.325 e. The SMILES string of the molecule is Cc1nnc(SCC(=O)Nc2ccc(C(=O)Nc3cccc(S(N)(=O)=O)c3)cc2)n1C1CC1. The van der Waals surface area contributed by atoms with E-state index < -0.39 is 15.9 Å². The maximum atomic E-state index is 12.5. The first kappa shape index (κ1) is 23.0. The molecule has 1 aliphatic rings. The lowest BCUT2D eigenvalue weighted by Crippen LogP contribution is -2.16. The van der Waals surface area contributed by atoms with Crippen molar-refractivity contribution in [3.63, 3.8) is 0 Å². The zero-order valence-electron chi connectivity index (χ0n) is 17.7. The first-order valence-electron chi connectivity index (χ1n) is 10.1. The van der Waals surface area contributed by atoms with Crippen LogP contribution in [0.5, 0.6) is 0 Å². The van der Waals surface area contributed by atoms with Crippen LogP contribution in [0.4, 0.5) is 11.4 Å². The molecule has 10 nitrogen and oxygen atoms in total. The van der Waals surface area contributed by atoms with Gasteiger partial charge in [-0.3, -0.25) is 9.59 Å². The van der Waals surface area contributed by atoms with Crippen molar-refractivity contribution in [3.8, 4) is 0 Å². The van der Waals surface area contributed by atoms with E-state index in [2.05, 4.69) is 25.4 Å². The number of rotatable bonds is 8. The van der Waals surface area contributed by atoms with Crippen LogP contribution >= 0.6 is 11.8 Å². The van der Waals surface area contributed by atoms with Crippen LogP contribution in [-0.4, -0.2) is 40.7 Å². The van der Waals surface area contributed by atoms with Gasteiger partial charge in [-0.2, -0.15) is 0 Å². The van der Waals surface area contributed by atoms with Crippen LogP contribution in [0.1, 0.15) is 35.1 Å². The van der Waals surface area contributed by atoms with E-state index >= 15 is 0 Å². The molecule has 12 heteroatoms. The van der Waals surface area contributed by atoms with Crippen molar-refractivity contribution in [2.45, 2.75) is 35.9 Å². The molecule has 1 aromatic heterocycles. The molecule has 0 unspecified atom stereocenters. The Hall–Kier alpha value is -3.22. The smallest absolute Gasteiger partial charge is 0.255 e. The summed E-state index contributed by atoms with van der Waals surface area (Å²) in [7, 11) is -3.87. The highest BCUT2D eigenvalue weighted by Crippen LogP contribution is 2.38. The van der Waals surface area contributed by atoms with Gasteiger partial charge in [0.15, 0.2) is 5.16 Å². The number of carbonyl (C=O) groups excluding carboxylic acids is 2. The molecule has 0 radical (unpaired) electrons. The van der Waals surface area contributed by atoms with Gasteiger partial charge in [0.1, 0.15) is 5.82 Å². The lowest BCUT2D eigenvalue weighted by Gasteiger charge is -2.09. The summed E-state index contributed by atoms with van der Waals surface area (Å²) in [5, 5.41) is 19.5. The van der Waals surface area contributed by atoms with Gasteiger partial charge in [-0.15, -0.1) is 10.2 Å². The molecule has 0 bridgehead atoms. The second-order valence-corrected chi connectivity index (χ2v) is 10.1. The first-order chi connectivity index (χ1) is 15.7. The minimum Gasteiger partial charge on any atom is -0.325 e. The fourth-order valence-corrected chi connectivity index (χ4v) is 4.60. The number of amides is 2. The van der Waals surface area contributed by atoms with Gasteiger partial charge in [0, 0.05) is 23.0 Å². The maximum Gasteiger partial charge on any atom is 0.255 e. The van der Waals surface area contributed by atoms with Crippen LogP contribution in [0.25, 0.3) is 0 Å². The molecule has 33 heavy (non-hydrogen) atoms. The Morgan fingerprint density at radius 2 is 1.82 bits per heavy atom.